The number of carbonyl (C=O) groups excluding carboxylic acids is 1. The maximum atomic E-state index is 12.5. The Morgan fingerprint density at radius 2 is 1.63 bits per heavy atom. The van der Waals surface area contributed by atoms with E-state index in [1.54, 1.807) is 6.92 Å². The molecule has 0 heterocycles. The summed E-state index contributed by atoms with van der Waals surface area (Å²) in [6, 6.07) is 9.58. The van der Waals surface area contributed by atoms with E-state index in [2.05, 4.69) is 13.8 Å². The highest BCUT2D eigenvalue weighted by atomic mass is 35.5. The molecule has 1 aromatic carbocycles. The zero-order valence-corrected chi connectivity index (χ0v) is 12.9. The lowest BCUT2D eigenvalue weighted by Gasteiger charge is -2.32. The number of rotatable bonds is 6. The monoisotopic (exact) mass is 284 g/mol. The minimum atomic E-state index is -0.939. The van der Waals surface area contributed by atoms with Crippen LogP contribution in [0, 0.1) is 0 Å². The Hall–Kier alpha value is -1.06. The minimum Gasteiger partial charge on any atom is -0.341 e. The highest BCUT2D eigenvalue weighted by molar-refractivity contribution is 5.87. The maximum Gasteiger partial charge on any atom is 0.246 e. The lowest BCUT2D eigenvalue weighted by atomic mass is 9.91. The Balaban J connectivity index is 0.00000324. The summed E-state index contributed by atoms with van der Waals surface area (Å²) >= 11 is 0. The van der Waals surface area contributed by atoms with Crippen LogP contribution in [0.2, 0.25) is 0 Å². The second kappa shape index (κ2) is 8.18. The summed E-state index contributed by atoms with van der Waals surface area (Å²) in [6.07, 6.45) is 1.91. The van der Waals surface area contributed by atoms with Crippen LogP contribution in [0.3, 0.4) is 0 Å². The Labute approximate surface area is 122 Å². The van der Waals surface area contributed by atoms with Gasteiger partial charge in [-0.15, -0.1) is 12.4 Å². The van der Waals surface area contributed by atoms with Gasteiger partial charge in [0.05, 0.1) is 0 Å². The summed E-state index contributed by atoms with van der Waals surface area (Å²) in [5, 5.41) is 0. The zero-order valence-electron chi connectivity index (χ0n) is 12.1. The molecule has 0 saturated carbocycles. The average Bonchev–Trinajstić information content (AvgIpc) is 2.38. The summed E-state index contributed by atoms with van der Waals surface area (Å²) in [5.74, 6) is 0.0115. The Morgan fingerprint density at radius 1 is 1.16 bits per heavy atom. The molecule has 0 bridgehead atoms. The molecule has 19 heavy (non-hydrogen) atoms. The van der Waals surface area contributed by atoms with Crippen molar-refractivity contribution in [2.24, 2.45) is 5.73 Å². The summed E-state index contributed by atoms with van der Waals surface area (Å²) in [4.78, 5) is 14.4. The molecule has 0 aliphatic carbocycles. The molecule has 1 unspecified atom stereocenters. The van der Waals surface area contributed by atoms with Gasteiger partial charge in [0.1, 0.15) is 5.54 Å². The second-order valence-electron chi connectivity index (χ2n) is 4.86. The highest BCUT2D eigenvalue weighted by Crippen LogP contribution is 2.20. The number of hydrogen-bond acceptors (Lipinski definition) is 2. The molecule has 0 aliphatic rings. The van der Waals surface area contributed by atoms with Crippen LogP contribution in [0.1, 0.15) is 39.2 Å². The molecule has 0 spiro atoms. The summed E-state index contributed by atoms with van der Waals surface area (Å²) in [6.45, 7) is 7.49. The van der Waals surface area contributed by atoms with Crippen LogP contribution in [-0.4, -0.2) is 23.9 Å². The van der Waals surface area contributed by atoms with Gasteiger partial charge < -0.3 is 10.6 Å². The SMILES string of the molecule is CCCN(CCC)C(=O)C(C)(N)c1ccccc1.Cl. The third-order valence-electron chi connectivity index (χ3n) is 3.09. The largest absolute Gasteiger partial charge is 0.341 e. The Bertz CT molecular complexity index is 373. The maximum absolute atomic E-state index is 12.5. The minimum absolute atomic E-state index is 0. The standard InChI is InChI=1S/C15H24N2O.ClH/c1-4-11-17(12-5-2)14(18)15(3,16)13-9-7-6-8-10-13;/h6-10H,4-5,11-12,16H2,1-3H3;1H. The van der Waals surface area contributed by atoms with E-state index < -0.39 is 5.54 Å². The topological polar surface area (TPSA) is 46.3 Å². The van der Waals surface area contributed by atoms with Crippen LogP contribution in [0.15, 0.2) is 30.3 Å². The normalized spacial score (nSPS) is 13.3. The fourth-order valence-corrected chi connectivity index (χ4v) is 2.09. The number of halogens is 1. The van der Waals surface area contributed by atoms with Gasteiger partial charge in [-0.25, -0.2) is 0 Å². The van der Waals surface area contributed by atoms with E-state index in [1.807, 2.05) is 35.2 Å². The van der Waals surface area contributed by atoms with Crippen LogP contribution >= 0.6 is 12.4 Å². The van der Waals surface area contributed by atoms with Crippen LogP contribution in [-0.2, 0) is 10.3 Å². The molecule has 0 fully saturated rings. The molecule has 0 aromatic heterocycles. The van der Waals surface area contributed by atoms with Gasteiger partial charge in [0.15, 0.2) is 0 Å². The lowest BCUT2D eigenvalue weighted by molar-refractivity contribution is -0.136. The predicted octanol–water partition coefficient (Wildman–Crippen LogP) is 2.93. The van der Waals surface area contributed by atoms with Crippen molar-refractivity contribution in [3.05, 3.63) is 35.9 Å². The van der Waals surface area contributed by atoms with Gasteiger partial charge in [-0.1, -0.05) is 44.2 Å². The predicted molar refractivity (Wildman–Crippen MR) is 82.4 cm³/mol. The third kappa shape index (κ3) is 4.51. The second-order valence-corrected chi connectivity index (χ2v) is 4.86. The molecular formula is C15H25ClN2O. The Morgan fingerprint density at radius 3 is 2.05 bits per heavy atom. The first-order chi connectivity index (χ1) is 8.54. The molecule has 0 radical (unpaired) electrons. The van der Waals surface area contributed by atoms with Crippen molar-refractivity contribution < 1.29 is 4.79 Å². The van der Waals surface area contributed by atoms with Gasteiger partial charge in [0, 0.05) is 13.1 Å². The fraction of sp³-hybridized carbons (Fsp3) is 0.533. The first-order valence-corrected chi connectivity index (χ1v) is 6.67. The number of amides is 1. The van der Waals surface area contributed by atoms with E-state index >= 15 is 0 Å². The van der Waals surface area contributed by atoms with E-state index in [0.717, 1.165) is 31.5 Å². The first-order valence-electron chi connectivity index (χ1n) is 6.67. The molecule has 2 N–H and O–H groups in total. The third-order valence-corrected chi connectivity index (χ3v) is 3.09. The van der Waals surface area contributed by atoms with Crippen molar-refractivity contribution in [1.29, 1.82) is 0 Å². The number of benzene rings is 1. The number of hydrogen-bond donors (Lipinski definition) is 1. The van der Waals surface area contributed by atoms with Crippen molar-refractivity contribution in [3.63, 3.8) is 0 Å². The van der Waals surface area contributed by atoms with Crippen molar-refractivity contribution in [3.8, 4) is 0 Å². The van der Waals surface area contributed by atoms with Crippen LogP contribution < -0.4 is 5.73 Å². The van der Waals surface area contributed by atoms with Crippen molar-refractivity contribution in [2.75, 3.05) is 13.1 Å². The van der Waals surface area contributed by atoms with Crippen molar-refractivity contribution in [1.82, 2.24) is 4.90 Å². The van der Waals surface area contributed by atoms with Gasteiger partial charge in [0.2, 0.25) is 5.91 Å². The van der Waals surface area contributed by atoms with Crippen molar-refractivity contribution in [2.45, 2.75) is 39.2 Å². The number of carbonyl (C=O) groups is 1. The van der Waals surface area contributed by atoms with Crippen LogP contribution in [0.4, 0.5) is 0 Å². The molecule has 0 saturated heterocycles. The molecule has 1 aromatic rings. The molecule has 0 aliphatic heterocycles. The van der Waals surface area contributed by atoms with Gasteiger partial charge in [-0.05, 0) is 25.3 Å². The molecular weight excluding hydrogens is 260 g/mol. The fourth-order valence-electron chi connectivity index (χ4n) is 2.09. The molecule has 108 valence electrons. The van der Waals surface area contributed by atoms with Crippen LogP contribution in [0.25, 0.3) is 0 Å². The van der Waals surface area contributed by atoms with Crippen LogP contribution in [0.5, 0.6) is 0 Å². The highest BCUT2D eigenvalue weighted by Gasteiger charge is 2.33. The van der Waals surface area contributed by atoms with Gasteiger partial charge >= 0.3 is 0 Å². The van der Waals surface area contributed by atoms with Gasteiger partial charge in [-0.2, -0.15) is 0 Å². The summed E-state index contributed by atoms with van der Waals surface area (Å²) < 4.78 is 0. The average molecular weight is 285 g/mol. The molecule has 1 amide bonds. The number of nitrogens with two attached hydrogens (primary N) is 1. The lowest BCUT2D eigenvalue weighted by Crippen LogP contribution is -2.51. The Kier molecular flexibility index (Phi) is 7.72. The molecule has 4 heteroatoms. The van der Waals surface area contributed by atoms with Gasteiger partial charge in [0.25, 0.3) is 0 Å². The first kappa shape index (κ1) is 17.9. The van der Waals surface area contributed by atoms with E-state index in [1.165, 1.54) is 0 Å². The molecule has 3 nitrogen and oxygen atoms in total. The van der Waals surface area contributed by atoms with E-state index in [-0.39, 0.29) is 18.3 Å². The van der Waals surface area contributed by atoms with Crippen molar-refractivity contribution >= 4 is 18.3 Å². The quantitative estimate of drug-likeness (QED) is 0.873. The summed E-state index contributed by atoms with van der Waals surface area (Å²) in [5.41, 5.74) is 6.18. The summed E-state index contributed by atoms with van der Waals surface area (Å²) in [7, 11) is 0. The van der Waals surface area contributed by atoms with E-state index in [0.29, 0.717) is 0 Å². The smallest absolute Gasteiger partial charge is 0.246 e. The zero-order chi connectivity index (χ0) is 13.6. The van der Waals surface area contributed by atoms with E-state index in [4.69, 9.17) is 5.73 Å². The van der Waals surface area contributed by atoms with E-state index in [9.17, 15) is 4.79 Å². The molecule has 1 rings (SSSR count). The molecule has 1 atom stereocenters. The number of nitrogens with zero attached hydrogens (tertiary/aromatic N) is 1. The van der Waals surface area contributed by atoms with Gasteiger partial charge in [-0.3, -0.25) is 4.79 Å².